The van der Waals surface area contributed by atoms with E-state index >= 15 is 0 Å². The molecule has 0 saturated heterocycles. The predicted molar refractivity (Wildman–Crippen MR) is 261 cm³/mol. The number of phosphoric ester groups is 1. The maximum atomic E-state index is 12.9. The first kappa shape index (κ1) is 59.2. The lowest BCUT2D eigenvalue weighted by Gasteiger charge is -2.29. The summed E-state index contributed by atoms with van der Waals surface area (Å²) in [6.45, 7) is 4.60. The third kappa shape index (κ3) is 46.0. The second kappa shape index (κ2) is 43.5. The highest BCUT2D eigenvalue weighted by molar-refractivity contribution is 7.45. The van der Waals surface area contributed by atoms with Gasteiger partial charge in [-0.3, -0.25) is 9.36 Å². The van der Waals surface area contributed by atoms with Crippen molar-refractivity contribution in [3.63, 3.8) is 0 Å². The van der Waals surface area contributed by atoms with Gasteiger partial charge in [-0.2, -0.15) is 0 Å². The maximum Gasteiger partial charge on any atom is 0.268 e. The van der Waals surface area contributed by atoms with Crippen molar-refractivity contribution in [3.05, 3.63) is 60.8 Å². The highest BCUT2D eigenvalue weighted by Crippen LogP contribution is 2.38. The number of hydrogen-bond donors (Lipinski definition) is 2. The fourth-order valence-electron chi connectivity index (χ4n) is 6.94. The minimum absolute atomic E-state index is 0.0114. The standard InChI is InChI=1S/C52H97N2O6P/c1-6-8-10-12-14-16-18-20-22-24-26-27-28-30-32-34-36-38-40-42-44-46-52(56)53-50(49-60-61(57,58)59-48-47-54(3,4)5)51(55)45-43-41-39-37-35-33-31-29-25-23-21-19-17-15-13-11-9-7-2/h18,20,24,26,28,30,35,37,43,45,50-51,55H,6-17,19,21-23,25,27,29,31-34,36,38-42,44,46-49H2,1-5H3,(H-,53,56,57,58)/b20-18-,26-24-,30-28-,37-35+,45-43+. The lowest BCUT2D eigenvalue weighted by atomic mass is 10.0. The molecule has 0 aliphatic carbocycles. The fourth-order valence-corrected chi connectivity index (χ4v) is 7.66. The molecule has 0 aromatic heterocycles. The molecule has 0 aromatic carbocycles. The van der Waals surface area contributed by atoms with Gasteiger partial charge in [-0.25, -0.2) is 0 Å². The Balaban J connectivity index is 4.42. The molecule has 0 aliphatic rings. The Morgan fingerprint density at radius 2 is 0.967 bits per heavy atom. The van der Waals surface area contributed by atoms with Crippen molar-refractivity contribution in [2.24, 2.45) is 0 Å². The van der Waals surface area contributed by atoms with Crippen LogP contribution in [0.15, 0.2) is 60.8 Å². The van der Waals surface area contributed by atoms with Gasteiger partial charge in [0.05, 0.1) is 39.9 Å². The summed E-state index contributed by atoms with van der Waals surface area (Å²) in [7, 11) is 1.23. The molecule has 8 nitrogen and oxygen atoms in total. The van der Waals surface area contributed by atoms with Crippen LogP contribution in [0.3, 0.4) is 0 Å². The van der Waals surface area contributed by atoms with Crippen LogP contribution in [0.4, 0.5) is 0 Å². The van der Waals surface area contributed by atoms with E-state index in [1.165, 1.54) is 128 Å². The molecule has 3 unspecified atom stereocenters. The molecule has 0 aromatic rings. The Labute approximate surface area is 377 Å². The molecule has 0 bridgehead atoms. The van der Waals surface area contributed by atoms with Gasteiger partial charge in [-0.1, -0.05) is 197 Å². The first-order valence-electron chi connectivity index (χ1n) is 25.2. The average molecular weight is 877 g/mol. The molecule has 61 heavy (non-hydrogen) atoms. The van der Waals surface area contributed by atoms with Crippen LogP contribution in [0.2, 0.25) is 0 Å². The summed E-state index contributed by atoms with van der Waals surface area (Å²) in [6, 6.07) is -0.912. The molecule has 1 amide bonds. The Kier molecular flexibility index (Phi) is 42.2. The molecular weight excluding hydrogens is 780 g/mol. The molecule has 9 heteroatoms. The Morgan fingerprint density at radius 3 is 1.44 bits per heavy atom. The highest BCUT2D eigenvalue weighted by atomic mass is 31.2. The third-order valence-electron chi connectivity index (χ3n) is 10.9. The van der Waals surface area contributed by atoms with Crippen molar-refractivity contribution in [3.8, 4) is 0 Å². The van der Waals surface area contributed by atoms with E-state index in [4.69, 9.17) is 9.05 Å². The van der Waals surface area contributed by atoms with E-state index in [0.717, 1.165) is 64.2 Å². The number of amides is 1. The zero-order valence-corrected chi connectivity index (χ0v) is 41.2. The van der Waals surface area contributed by atoms with Crippen LogP contribution in [0.5, 0.6) is 0 Å². The molecule has 3 atom stereocenters. The number of carbonyl (C=O) groups is 1. The van der Waals surface area contributed by atoms with Gasteiger partial charge in [0.1, 0.15) is 13.2 Å². The summed E-state index contributed by atoms with van der Waals surface area (Å²) in [4.78, 5) is 25.4. The van der Waals surface area contributed by atoms with E-state index in [2.05, 4.69) is 67.8 Å². The van der Waals surface area contributed by atoms with Gasteiger partial charge < -0.3 is 28.8 Å². The second-order valence-electron chi connectivity index (χ2n) is 18.2. The Bertz CT molecular complexity index is 1180. The van der Waals surface area contributed by atoms with Crippen LogP contribution in [0.25, 0.3) is 0 Å². The summed E-state index contributed by atoms with van der Waals surface area (Å²) >= 11 is 0. The molecule has 0 fully saturated rings. The summed E-state index contributed by atoms with van der Waals surface area (Å²) in [5, 5.41) is 13.8. The molecule has 0 aliphatic heterocycles. The normalized spacial score (nSPS) is 14.7. The zero-order chi connectivity index (χ0) is 45.0. The second-order valence-corrected chi connectivity index (χ2v) is 19.6. The SMILES string of the molecule is CCCCCCC/C=C\C/C=C\C/C=C\CCCCCCCCC(=O)NC(COP(=O)([O-])OCC[N+](C)(C)C)C(O)/C=C/CC/C=C/CCCCCCCCCCCCCC. The zero-order valence-electron chi connectivity index (χ0n) is 40.4. The summed E-state index contributed by atoms with van der Waals surface area (Å²) in [6.07, 6.45) is 57.0. The number of carbonyl (C=O) groups excluding carboxylic acids is 1. The monoisotopic (exact) mass is 877 g/mol. The van der Waals surface area contributed by atoms with Crippen LogP contribution in [-0.2, 0) is 18.4 Å². The molecule has 2 N–H and O–H groups in total. The number of hydrogen-bond acceptors (Lipinski definition) is 6. The minimum Gasteiger partial charge on any atom is -0.756 e. The number of phosphoric acid groups is 1. The minimum atomic E-state index is -4.61. The van der Waals surface area contributed by atoms with Crippen LogP contribution >= 0.6 is 7.82 Å². The van der Waals surface area contributed by atoms with Crippen LogP contribution < -0.4 is 10.2 Å². The summed E-state index contributed by atoms with van der Waals surface area (Å²) in [5.41, 5.74) is 0. The van der Waals surface area contributed by atoms with Gasteiger partial charge in [0.2, 0.25) is 5.91 Å². The van der Waals surface area contributed by atoms with E-state index in [0.29, 0.717) is 17.4 Å². The van der Waals surface area contributed by atoms with Crippen molar-refractivity contribution < 1.29 is 32.9 Å². The van der Waals surface area contributed by atoms with Crippen molar-refractivity contribution in [2.45, 2.75) is 225 Å². The molecular formula is C52H97N2O6P. The number of aliphatic hydroxyl groups excluding tert-OH is 1. The van der Waals surface area contributed by atoms with Crippen LogP contribution in [0.1, 0.15) is 213 Å². The smallest absolute Gasteiger partial charge is 0.268 e. The van der Waals surface area contributed by atoms with Crippen molar-refractivity contribution >= 4 is 13.7 Å². The van der Waals surface area contributed by atoms with Crippen molar-refractivity contribution in [1.29, 1.82) is 0 Å². The Morgan fingerprint density at radius 1 is 0.574 bits per heavy atom. The van der Waals surface area contributed by atoms with Crippen LogP contribution in [0, 0.1) is 0 Å². The predicted octanol–water partition coefficient (Wildman–Crippen LogP) is 14.0. The highest BCUT2D eigenvalue weighted by Gasteiger charge is 2.23. The molecule has 0 spiro atoms. The number of unbranched alkanes of at least 4 members (excludes halogenated alkanes) is 24. The summed E-state index contributed by atoms with van der Waals surface area (Å²) < 4.78 is 23.2. The summed E-state index contributed by atoms with van der Waals surface area (Å²) in [5.74, 6) is -0.221. The maximum absolute atomic E-state index is 12.9. The van der Waals surface area contributed by atoms with Gasteiger partial charge in [0.15, 0.2) is 0 Å². The molecule has 0 saturated carbocycles. The molecule has 0 rings (SSSR count). The first-order valence-corrected chi connectivity index (χ1v) is 26.6. The van der Waals surface area contributed by atoms with Gasteiger partial charge in [0.25, 0.3) is 7.82 Å². The van der Waals surface area contributed by atoms with E-state index in [1.54, 1.807) is 6.08 Å². The largest absolute Gasteiger partial charge is 0.756 e. The van der Waals surface area contributed by atoms with Gasteiger partial charge >= 0.3 is 0 Å². The molecule has 0 radical (unpaired) electrons. The third-order valence-corrected chi connectivity index (χ3v) is 11.9. The number of rotatable bonds is 45. The van der Waals surface area contributed by atoms with E-state index in [-0.39, 0.29) is 12.5 Å². The lowest BCUT2D eigenvalue weighted by molar-refractivity contribution is -0.870. The van der Waals surface area contributed by atoms with Gasteiger partial charge in [-0.15, -0.1) is 0 Å². The number of aliphatic hydroxyl groups is 1. The molecule has 356 valence electrons. The number of likely N-dealkylation sites (N-methyl/N-ethyl adjacent to an activating group) is 1. The van der Waals surface area contributed by atoms with E-state index in [1.807, 2.05) is 27.2 Å². The average Bonchev–Trinajstić information content (AvgIpc) is 3.21. The van der Waals surface area contributed by atoms with Gasteiger partial charge in [0, 0.05) is 6.42 Å². The number of nitrogens with one attached hydrogen (secondary N) is 1. The topological polar surface area (TPSA) is 108 Å². The number of quaternary nitrogens is 1. The Hall–Kier alpha value is -1.80. The fraction of sp³-hybridized carbons (Fsp3) is 0.788. The van der Waals surface area contributed by atoms with Crippen molar-refractivity contribution in [1.82, 2.24) is 5.32 Å². The van der Waals surface area contributed by atoms with Crippen molar-refractivity contribution in [2.75, 3.05) is 40.9 Å². The molecule has 0 heterocycles. The number of nitrogens with zero attached hydrogens (tertiary/aromatic N) is 1. The number of allylic oxidation sites excluding steroid dienone is 9. The lowest BCUT2D eigenvalue weighted by Crippen LogP contribution is -2.45. The quantitative estimate of drug-likeness (QED) is 0.0273. The van der Waals surface area contributed by atoms with E-state index in [9.17, 15) is 19.4 Å². The first-order chi connectivity index (χ1) is 29.5. The van der Waals surface area contributed by atoms with Gasteiger partial charge in [-0.05, 0) is 70.6 Å². The van der Waals surface area contributed by atoms with E-state index < -0.39 is 26.6 Å². The van der Waals surface area contributed by atoms with Crippen LogP contribution in [-0.4, -0.2) is 68.5 Å².